The van der Waals surface area contributed by atoms with Gasteiger partial charge in [-0.1, -0.05) is 0 Å². The van der Waals surface area contributed by atoms with Gasteiger partial charge in [0.25, 0.3) is 0 Å². The number of rotatable bonds is 6. The van der Waals surface area contributed by atoms with Gasteiger partial charge in [-0.2, -0.15) is 0 Å². The third-order valence-corrected chi connectivity index (χ3v) is 3.32. The second kappa shape index (κ2) is 5.03. The molecule has 4 N–H and O–H groups in total. The topological polar surface area (TPSA) is 92.9 Å². The van der Waals surface area contributed by atoms with Crippen molar-refractivity contribution >= 4 is 17.5 Å². The Labute approximate surface area is 113 Å². The second-order valence-electron chi connectivity index (χ2n) is 5.62. The van der Waals surface area contributed by atoms with Crippen LogP contribution in [-0.4, -0.2) is 29.5 Å². The van der Waals surface area contributed by atoms with Gasteiger partial charge in [0.05, 0.1) is 5.41 Å². The Morgan fingerprint density at radius 2 is 2.05 bits per heavy atom. The summed E-state index contributed by atoms with van der Waals surface area (Å²) in [6, 6.07) is 1.84. The van der Waals surface area contributed by atoms with Gasteiger partial charge in [-0.25, -0.2) is 9.97 Å². The summed E-state index contributed by atoms with van der Waals surface area (Å²) in [6.07, 6.45) is 2.30. The van der Waals surface area contributed by atoms with Crippen LogP contribution in [0.25, 0.3) is 0 Å². The van der Waals surface area contributed by atoms with E-state index in [0.717, 1.165) is 30.3 Å². The molecule has 6 heteroatoms. The van der Waals surface area contributed by atoms with Crippen molar-refractivity contribution in [3.63, 3.8) is 0 Å². The number of aromatic nitrogens is 2. The van der Waals surface area contributed by atoms with E-state index in [1.54, 1.807) is 0 Å². The maximum Gasteiger partial charge on any atom is 0.224 e. The van der Waals surface area contributed by atoms with Crippen molar-refractivity contribution < 1.29 is 4.79 Å². The van der Waals surface area contributed by atoms with E-state index in [2.05, 4.69) is 20.6 Å². The van der Waals surface area contributed by atoms with Crippen LogP contribution in [0.1, 0.15) is 38.4 Å². The number of hydrogen-bond donors (Lipinski definition) is 3. The van der Waals surface area contributed by atoms with Gasteiger partial charge in [0, 0.05) is 25.6 Å². The quantitative estimate of drug-likeness (QED) is 0.719. The number of carbonyl (C=O) groups is 1. The lowest BCUT2D eigenvalue weighted by Crippen LogP contribution is -2.37. The molecule has 0 bridgehead atoms. The highest BCUT2D eigenvalue weighted by atomic mass is 16.1. The van der Waals surface area contributed by atoms with Gasteiger partial charge in [-0.3, -0.25) is 4.79 Å². The normalized spacial score (nSPS) is 15.1. The van der Waals surface area contributed by atoms with Crippen molar-refractivity contribution in [2.75, 3.05) is 24.2 Å². The first kappa shape index (κ1) is 13.6. The summed E-state index contributed by atoms with van der Waals surface area (Å²) in [5.74, 6) is 2.54. The van der Waals surface area contributed by atoms with Crippen molar-refractivity contribution in [1.29, 1.82) is 0 Å². The summed E-state index contributed by atoms with van der Waals surface area (Å²) in [4.78, 5) is 20.2. The first-order valence-corrected chi connectivity index (χ1v) is 6.53. The predicted octanol–water partition coefficient (Wildman–Crippen LogP) is 1.32. The van der Waals surface area contributed by atoms with E-state index in [1.165, 1.54) is 0 Å². The molecule has 0 atom stereocenters. The summed E-state index contributed by atoms with van der Waals surface area (Å²) >= 11 is 0. The summed E-state index contributed by atoms with van der Waals surface area (Å²) in [5, 5.41) is 6.20. The van der Waals surface area contributed by atoms with E-state index >= 15 is 0 Å². The summed E-state index contributed by atoms with van der Waals surface area (Å²) < 4.78 is 0. The fraction of sp³-hybridized carbons (Fsp3) is 0.615. The summed E-state index contributed by atoms with van der Waals surface area (Å²) in [6.45, 7) is 4.07. The van der Waals surface area contributed by atoms with E-state index < -0.39 is 5.41 Å². The Hall–Kier alpha value is -1.85. The zero-order chi connectivity index (χ0) is 14.0. The minimum Gasteiger partial charge on any atom is -0.373 e. The molecule has 19 heavy (non-hydrogen) atoms. The lowest BCUT2D eigenvalue weighted by atomic mass is 9.93. The maximum absolute atomic E-state index is 11.3. The molecule has 104 valence electrons. The average molecular weight is 263 g/mol. The van der Waals surface area contributed by atoms with Crippen molar-refractivity contribution in [2.45, 2.75) is 32.6 Å². The zero-order valence-electron chi connectivity index (χ0n) is 11.7. The molecular weight excluding hydrogens is 242 g/mol. The second-order valence-corrected chi connectivity index (χ2v) is 5.62. The minimum absolute atomic E-state index is 0.328. The Morgan fingerprint density at radius 1 is 1.42 bits per heavy atom. The molecule has 1 saturated carbocycles. The lowest BCUT2D eigenvalue weighted by Gasteiger charge is -2.21. The van der Waals surface area contributed by atoms with Crippen LogP contribution in [0.3, 0.4) is 0 Å². The van der Waals surface area contributed by atoms with E-state index in [4.69, 9.17) is 5.73 Å². The first-order valence-electron chi connectivity index (χ1n) is 6.53. The maximum atomic E-state index is 11.3. The fourth-order valence-corrected chi connectivity index (χ4v) is 1.61. The Kier molecular flexibility index (Phi) is 3.59. The van der Waals surface area contributed by atoms with Gasteiger partial charge < -0.3 is 16.4 Å². The van der Waals surface area contributed by atoms with Gasteiger partial charge in [-0.05, 0) is 26.7 Å². The Morgan fingerprint density at radius 3 is 2.58 bits per heavy atom. The van der Waals surface area contributed by atoms with Crippen LogP contribution >= 0.6 is 0 Å². The number of nitrogens with one attached hydrogen (secondary N) is 2. The lowest BCUT2D eigenvalue weighted by molar-refractivity contribution is -0.125. The Balaban J connectivity index is 2.11. The predicted molar refractivity (Wildman–Crippen MR) is 75.0 cm³/mol. The van der Waals surface area contributed by atoms with Crippen LogP contribution in [0, 0.1) is 5.41 Å². The van der Waals surface area contributed by atoms with Crippen LogP contribution in [0.4, 0.5) is 11.6 Å². The number of hydrogen-bond acceptors (Lipinski definition) is 5. The number of anilines is 2. The molecule has 1 fully saturated rings. The van der Waals surface area contributed by atoms with Gasteiger partial charge in [0.2, 0.25) is 5.91 Å². The highest BCUT2D eigenvalue weighted by molar-refractivity contribution is 5.80. The SMILES string of the molecule is CNc1cc(NCC(C)(C)C(N)=O)nc(C2CC2)n1. The summed E-state index contributed by atoms with van der Waals surface area (Å²) in [5.41, 5.74) is 4.75. The molecular formula is C13H21N5O. The number of amides is 1. The van der Waals surface area contributed by atoms with Crippen LogP contribution < -0.4 is 16.4 Å². The Bertz CT molecular complexity index is 482. The molecule has 0 aromatic carbocycles. The molecule has 1 aromatic rings. The molecule has 0 spiro atoms. The summed E-state index contributed by atoms with van der Waals surface area (Å²) in [7, 11) is 1.83. The smallest absolute Gasteiger partial charge is 0.224 e. The van der Waals surface area contributed by atoms with Gasteiger partial charge in [-0.15, -0.1) is 0 Å². The highest BCUT2D eigenvalue weighted by Crippen LogP contribution is 2.38. The molecule has 1 aliphatic carbocycles. The first-order chi connectivity index (χ1) is 8.92. The number of nitrogens with zero attached hydrogens (tertiary/aromatic N) is 2. The van der Waals surface area contributed by atoms with Gasteiger partial charge in [0.1, 0.15) is 17.5 Å². The van der Waals surface area contributed by atoms with Crippen LogP contribution in [0.5, 0.6) is 0 Å². The number of nitrogens with two attached hydrogens (primary N) is 1. The van der Waals surface area contributed by atoms with E-state index in [1.807, 2.05) is 27.0 Å². The molecule has 0 aliphatic heterocycles. The van der Waals surface area contributed by atoms with Crippen molar-refractivity contribution in [3.8, 4) is 0 Å². The van der Waals surface area contributed by atoms with Crippen LogP contribution in [-0.2, 0) is 4.79 Å². The molecule has 1 amide bonds. The van der Waals surface area contributed by atoms with Gasteiger partial charge in [0.15, 0.2) is 0 Å². The van der Waals surface area contributed by atoms with E-state index in [9.17, 15) is 4.79 Å². The largest absolute Gasteiger partial charge is 0.373 e. The molecule has 0 saturated heterocycles. The molecule has 1 heterocycles. The molecule has 1 aromatic heterocycles. The molecule has 0 radical (unpaired) electrons. The molecule has 1 aliphatic rings. The number of carbonyl (C=O) groups excluding carboxylic acids is 1. The van der Waals surface area contributed by atoms with Crippen molar-refractivity contribution in [3.05, 3.63) is 11.9 Å². The van der Waals surface area contributed by atoms with Gasteiger partial charge >= 0.3 is 0 Å². The highest BCUT2D eigenvalue weighted by Gasteiger charge is 2.28. The monoisotopic (exact) mass is 263 g/mol. The standard InChI is InChI=1S/C13H21N5O/c1-13(2,12(14)19)7-16-10-6-9(15-3)17-11(18-10)8-4-5-8/h6,8H,4-5,7H2,1-3H3,(H2,14,19)(H2,15,16,17,18). The van der Waals surface area contributed by atoms with E-state index in [-0.39, 0.29) is 5.91 Å². The van der Waals surface area contributed by atoms with Crippen molar-refractivity contribution in [2.24, 2.45) is 11.1 Å². The third-order valence-electron chi connectivity index (χ3n) is 3.32. The number of primary amides is 1. The average Bonchev–Trinajstić information content (AvgIpc) is 3.20. The van der Waals surface area contributed by atoms with Crippen LogP contribution in [0.15, 0.2) is 6.07 Å². The molecule has 6 nitrogen and oxygen atoms in total. The third kappa shape index (κ3) is 3.33. The fourth-order valence-electron chi connectivity index (χ4n) is 1.61. The minimum atomic E-state index is -0.607. The zero-order valence-corrected chi connectivity index (χ0v) is 11.7. The molecule has 0 unspecified atom stereocenters. The molecule has 2 rings (SSSR count). The van der Waals surface area contributed by atoms with Crippen LogP contribution in [0.2, 0.25) is 0 Å². The van der Waals surface area contributed by atoms with Crippen molar-refractivity contribution in [1.82, 2.24) is 9.97 Å². The van der Waals surface area contributed by atoms with E-state index in [0.29, 0.717) is 12.5 Å².